The van der Waals surface area contributed by atoms with Crippen molar-refractivity contribution >= 4 is 11.8 Å². The summed E-state index contributed by atoms with van der Waals surface area (Å²) in [5.41, 5.74) is 10.4. The van der Waals surface area contributed by atoms with Crippen molar-refractivity contribution in [2.75, 3.05) is 6.54 Å². The van der Waals surface area contributed by atoms with Crippen LogP contribution in [0.25, 0.3) is 10.4 Å². The monoisotopic (exact) mass is 396 g/mol. The lowest BCUT2D eigenvalue weighted by Gasteiger charge is -2.13. The zero-order valence-electron chi connectivity index (χ0n) is 15.8. The maximum atomic E-state index is 13.7. The van der Waals surface area contributed by atoms with Crippen LogP contribution in [-0.4, -0.2) is 21.1 Å². The molecule has 0 aliphatic carbocycles. The van der Waals surface area contributed by atoms with Gasteiger partial charge in [0.05, 0.1) is 17.9 Å². The van der Waals surface area contributed by atoms with E-state index in [0.29, 0.717) is 19.5 Å². The standard InChI is InChI=1S/C20H21FN6S/c1-14(2)19-20(28-17-8-5-6-15(21)12-17)27(13-16-7-3-4-10-23-16)18(25-19)9-11-24-26-22/h3-8,10,12,14H,9,11,13H2,1-2H3. The van der Waals surface area contributed by atoms with Crippen molar-refractivity contribution in [2.45, 2.75) is 42.7 Å². The molecule has 0 unspecified atom stereocenters. The molecule has 0 bridgehead atoms. The summed E-state index contributed by atoms with van der Waals surface area (Å²) in [5, 5.41) is 4.61. The van der Waals surface area contributed by atoms with Gasteiger partial charge >= 0.3 is 0 Å². The van der Waals surface area contributed by atoms with Crippen molar-refractivity contribution in [1.29, 1.82) is 0 Å². The Balaban J connectivity index is 2.05. The van der Waals surface area contributed by atoms with Gasteiger partial charge in [0.25, 0.3) is 0 Å². The molecule has 0 aliphatic heterocycles. The van der Waals surface area contributed by atoms with E-state index in [0.717, 1.165) is 27.1 Å². The first kappa shape index (κ1) is 19.9. The Morgan fingerprint density at radius 3 is 2.79 bits per heavy atom. The van der Waals surface area contributed by atoms with E-state index in [1.165, 1.54) is 23.9 Å². The van der Waals surface area contributed by atoms with Crippen molar-refractivity contribution in [3.8, 4) is 0 Å². The van der Waals surface area contributed by atoms with Crippen molar-refractivity contribution in [1.82, 2.24) is 14.5 Å². The molecular formula is C20H21FN6S. The fourth-order valence-electron chi connectivity index (χ4n) is 2.83. The van der Waals surface area contributed by atoms with Crippen molar-refractivity contribution < 1.29 is 4.39 Å². The Bertz CT molecular complexity index is 980. The van der Waals surface area contributed by atoms with Crippen molar-refractivity contribution in [2.24, 2.45) is 5.11 Å². The third kappa shape index (κ3) is 4.91. The minimum atomic E-state index is -0.268. The number of rotatable bonds is 8. The number of azide groups is 1. The van der Waals surface area contributed by atoms with Crippen LogP contribution in [0.4, 0.5) is 4.39 Å². The molecule has 1 aromatic carbocycles. The second-order valence-electron chi connectivity index (χ2n) is 6.54. The summed E-state index contributed by atoms with van der Waals surface area (Å²) in [7, 11) is 0. The molecule has 0 amide bonds. The smallest absolute Gasteiger partial charge is 0.124 e. The first-order valence-corrected chi connectivity index (χ1v) is 9.83. The molecule has 6 nitrogen and oxygen atoms in total. The third-order valence-electron chi connectivity index (χ3n) is 4.13. The Labute approximate surface area is 167 Å². The normalized spacial score (nSPS) is 10.9. The molecule has 28 heavy (non-hydrogen) atoms. The molecule has 8 heteroatoms. The molecule has 3 aromatic rings. The number of aromatic nitrogens is 3. The highest BCUT2D eigenvalue weighted by Crippen LogP contribution is 2.35. The molecule has 2 heterocycles. The highest BCUT2D eigenvalue weighted by molar-refractivity contribution is 7.99. The van der Waals surface area contributed by atoms with Crippen LogP contribution < -0.4 is 0 Å². The van der Waals surface area contributed by atoms with Gasteiger partial charge in [-0.1, -0.05) is 42.9 Å². The lowest BCUT2D eigenvalue weighted by Crippen LogP contribution is -2.09. The fourth-order valence-corrected chi connectivity index (χ4v) is 4.04. The van der Waals surface area contributed by atoms with Crippen LogP contribution in [0.2, 0.25) is 0 Å². The predicted octanol–water partition coefficient (Wildman–Crippen LogP) is 5.59. The van der Waals surface area contributed by atoms with E-state index in [4.69, 9.17) is 10.5 Å². The number of imidazole rings is 1. The average molecular weight is 396 g/mol. The molecule has 0 N–H and O–H groups in total. The number of benzene rings is 1. The number of hydrogen-bond donors (Lipinski definition) is 0. The van der Waals surface area contributed by atoms with E-state index < -0.39 is 0 Å². The van der Waals surface area contributed by atoms with Crippen LogP contribution >= 0.6 is 11.8 Å². The van der Waals surface area contributed by atoms with Gasteiger partial charge in [-0.15, -0.1) is 0 Å². The van der Waals surface area contributed by atoms with Crippen molar-refractivity contribution in [3.05, 3.63) is 82.1 Å². The summed E-state index contributed by atoms with van der Waals surface area (Å²) in [6, 6.07) is 12.3. The molecule has 0 spiro atoms. The molecular weight excluding hydrogens is 375 g/mol. The second kappa shape index (κ2) is 9.39. The van der Waals surface area contributed by atoms with E-state index in [9.17, 15) is 4.39 Å². The predicted molar refractivity (Wildman–Crippen MR) is 108 cm³/mol. The van der Waals surface area contributed by atoms with E-state index in [2.05, 4.69) is 33.4 Å². The SMILES string of the molecule is CC(C)c1nc(CCN=[N+]=[N-])n(Cc2ccccn2)c1Sc1cccc(F)c1. The zero-order valence-corrected chi connectivity index (χ0v) is 16.6. The summed E-state index contributed by atoms with van der Waals surface area (Å²) in [4.78, 5) is 12.9. The molecule has 144 valence electrons. The Kier molecular flexibility index (Phi) is 6.68. The molecule has 3 rings (SSSR count). The van der Waals surface area contributed by atoms with Gasteiger partial charge in [-0.25, -0.2) is 9.37 Å². The molecule has 2 aromatic heterocycles. The Morgan fingerprint density at radius 2 is 2.11 bits per heavy atom. The quantitative estimate of drug-likeness (QED) is 0.283. The Morgan fingerprint density at radius 1 is 1.25 bits per heavy atom. The van der Waals surface area contributed by atoms with Gasteiger partial charge in [0, 0.05) is 29.0 Å². The topological polar surface area (TPSA) is 79.5 Å². The highest BCUT2D eigenvalue weighted by Gasteiger charge is 2.21. The molecule has 0 aliphatic rings. The summed E-state index contributed by atoms with van der Waals surface area (Å²) < 4.78 is 15.8. The molecule has 0 saturated carbocycles. The number of hydrogen-bond acceptors (Lipinski definition) is 4. The van der Waals surface area contributed by atoms with Crippen LogP contribution in [-0.2, 0) is 13.0 Å². The molecule has 0 fully saturated rings. The number of nitrogens with zero attached hydrogens (tertiary/aromatic N) is 6. The largest absolute Gasteiger partial charge is 0.317 e. The molecule has 0 radical (unpaired) electrons. The van der Waals surface area contributed by atoms with Crippen LogP contribution in [0.3, 0.4) is 0 Å². The minimum absolute atomic E-state index is 0.194. The van der Waals surface area contributed by atoms with E-state index in [1.807, 2.05) is 24.3 Å². The molecule has 0 saturated heterocycles. The van der Waals surface area contributed by atoms with E-state index in [1.54, 1.807) is 12.3 Å². The summed E-state index contributed by atoms with van der Waals surface area (Å²) in [6.45, 7) is 5.04. The second-order valence-corrected chi connectivity index (χ2v) is 7.61. The minimum Gasteiger partial charge on any atom is -0.317 e. The molecule has 0 atom stereocenters. The summed E-state index contributed by atoms with van der Waals surface area (Å²) in [6.07, 6.45) is 2.29. The van der Waals surface area contributed by atoms with Crippen LogP contribution in [0.5, 0.6) is 0 Å². The maximum Gasteiger partial charge on any atom is 0.124 e. The van der Waals surface area contributed by atoms with Gasteiger partial charge in [-0.2, -0.15) is 0 Å². The van der Waals surface area contributed by atoms with Gasteiger partial charge in [0.2, 0.25) is 0 Å². The maximum absolute atomic E-state index is 13.7. The summed E-state index contributed by atoms with van der Waals surface area (Å²) >= 11 is 1.49. The highest BCUT2D eigenvalue weighted by atomic mass is 32.2. The fraction of sp³-hybridized carbons (Fsp3) is 0.300. The van der Waals surface area contributed by atoms with Crippen LogP contribution in [0, 0.1) is 5.82 Å². The first-order valence-electron chi connectivity index (χ1n) is 9.02. The van der Waals surface area contributed by atoms with Gasteiger partial charge in [0.15, 0.2) is 0 Å². The lowest BCUT2D eigenvalue weighted by atomic mass is 10.1. The lowest BCUT2D eigenvalue weighted by molar-refractivity contribution is 0.624. The van der Waals surface area contributed by atoms with E-state index in [-0.39, 0.29) is 11.7 Å². The third-order valence-corrected chi connectivity index (χ3v) is 5.24. The van der Waals surface area contributed by atoms with E-state index >= 15 is 0 Å². The average Bonchev–Trinajstić information content (AvgIpc) is 3.01. The Hall–Kier alpha value is -2.83. The van der Waals surface area contributed by atoms with Gasteiger partial charge < -0.3 is 4.57 Å². The van der Waals surface area contributed by atoms with Gasteiger partial charge in [-0.3, -0.25) is 4.98 Å². The zero-order chi connectivity index (χ0) is 19.9. The van der Waals surface area contributed by atoms with Crippen LogP contribution in [0.1, 0.15) is 37.0 Å². The van der Waals surface area contributed by atoms with Gasteiger partial charge in [0.1, 0.15) is 16.7 Å². The number of pyridine rings is 1. The first-order chi connectivity index (χ1) is 13.6. The number of halogens is 1. The van der Waals surface area contributed by atoms with Crippen molar-refractivity contribution in [3.63, 3.8) is 0 Å². The van der Waals surface area contributed by atoms with Gasteiger partial charge in [-0.05, 0) is 41.8 Å². The summed E-state index contributed by atoms with van der Waals surface area (Å²) in [5.74, 6) is 0.760. The van der Waals surface area contributed by atoms with Crippen LogP contribution in [0.15, 0.2) is 63.7 Å².